The van der Waals surface area contributed by atoms with Crippen molar-refractivity contribution in [1.29, 1.82) is 0 Å². The van der Waals surface area contributed by atoms with Gasteiger partial charge in [0, 0.05) is 6.42 Å². The lowest BCUT2D eigenvalue weighted by atomic mass is 10.1. The van der Waals surface area contributed by atoms with Gasteiger partial charge in [-0.25, -0.2) is 0 Å². The van der Waals surface area contributed by atoms with Crippen LogP contribution in [0.3, 0.4) is 0 Å². The fourth-order valence-electron chi connectivity index (χ4n) is 1.05. The molecule has 11 heavy (non-hydrogen) atoms. The van der Waals surface area contributed by atoms with E-state index in [4.69, 9.17) is 5.73 Å². The number of carbonyl (C=O) groups excluding carboxylic acids is 1. The summed E-state index contributed by atoms with van der Waals surface area (Å²) in [6, 6.07) is 0. The largest absolute Gasteiger partial charge is 0.330 e. The van der Waals surface area contributed by atoms with Gasteiger partial charge in [-0.1, -0.05) is 25.7 Å². The van der Waals surface area contributed by atoms with E-state index in [1.807, 2.05) is 6.29 Å². The van der Waals surface area contributed by atoms with Gasteiger partial charge in [-0.2, -0.15) is 0 Å². The molecule has 0 aromatic carbocycles. The summed E-state index contributed by atoms with van der Waals surface area (Å²) >= 11 is 0. The Hall–Kier alpha value is -0.370. The minimum absolute atomic E-state index is 0.608. The van der Waals surface area contributed by atoms with Crippen molar-refractivity contribution in [3.05, 3.63) is 0 Å². The monoisotopic (exact) mass is 156 g/mol. The third-order valence-corrected chi connectivity index (χ3v) is 1.73. The van der Waals surface area contributed by atoms with Crippen LogP contribution in [-0.2, 0) is 4.79 Å². The number of hydrogen-bond donors (Lipinski definition) is 1. The summed E-state index contributed by atoms with van der Waals surface area (Å²) in [7, 11) is 0. The molecule has 65 valence electrons. The summed E-state index contributed by atoms with van der Waals surface area (Å²) in [4.78, 5) is 9.80. The minimum Gasteiger partial charge on any atom is -0.330 e. The van der Waals surface area contributed by atoms with E-state index in [2.05, 4.69) is 0 Å². The van der Waals surface area contributed by atoms with Crippen molar-refractivity contribution < 1.29 is 4.79 Å². The Balaban J connectivity index is 2.74. The molecule has 0 atom stereocenters. The molecule has 0 saturated carbocycles. The molecule has 0 heterocycles. The Morgan fingerprint density at radius 2 is 1.45 bits per heavy atom. The molecule has 0 fully saturated rings. The third-order valence-electron chi connectivity index (χ3n) is 1.73. The molecule has 0 spiro atoms. The number of hydrogen-bond acceptors (Lipinski definition) is 2. The summed E-state index contributed by atoms with van der Waals surface area (Å²) in [6.45, 7) is 0.808. The van der Waals surface area contributed by atoms with Gasteiger partial charge in [0.1, 0.15) is 0 Å². The maximum absolute atomic E-state index is 9.80. The Labute approximate surface area is 69.2 Å². The Morgan fingerprint density at radius 3 is 2.00 bits per heavy atom. The van der Waals surface area contributed by atoms with Crippen molar-refractivity contribution in [3.63, 3.8) is 0 Å². The van der Waals surface area contributed by atoms with Crippen molar-refractivity contribution in [3.8, 4) is 0 Å². The van der Waals surface area contributed by atoms with Crippen LogP contribution in [0.1, 0.15) is 44.9 Å². The van der Waals surface area contributed by atoms with Crippen molar-refractivity contribution in [1.82, 2.24) is 0 Å². The highest BCUT2D eigenvalue weighted by atomic mass is 16.1. The van der Waals surface area contributed by atoms with Crippen molar-refractivity contribution in [2.45, 2.75) is 44.9 Å². The van der Waals surface area contributed by atoms with E-state index in [-0.39, 0.29) is 0 Å². The molecule has 2 heteroatoms. The maximum Gasteiger partial charge on any atom is 0.198 e. The van der Waals surface area contributed by atoms with Gasteiger partial charge in [0.2, 0.25) is 0 Å². The summed E-state index contributed by atoms with van der Waals surface area (Å²) in [5, 5.41) is 0. The third kappa shape index (κ3) is 9.63. The molecule has 0 unspecified atom stereocenters. The Bertz CT molecular complexity index is 83.6. The standard InChI is InChI=1S/C9H18NO/c10-8-6-4-2-1-3-5-7-9-11/h1-8,10H2. The van der Waals surface area contributed by atoms with E-state index in [1.54, 1.807) is 0 Å². The predicted molar refractivity (Wildman–Crippen MR) is 47.1 cm³/mol. The number of rotatable bonds is 8. The van der Waals surface area contributed by atoms with Crippen LogP contribution in [0.2, 0.25) is 0 Å². The van der Waals surface area contributed by atoms with E-state index >= 15 is 0 Å². The molecule has 0 aliphatic carbocycles. The topological polar surface area (TPSA) is 43.1 Å². The van der Waals surface area contributed by atoms with Gasteiger partial charge in [0.05, 0.1) is 0 Å². The molecule has 2 N–H and O–H groups in total. The van der Waals surface area contributed by atoms with Crippen LogP contribution in [0.25, 0.3) is 0 Å². The lowest BCUT2D eigenvalue weighted by Crippen LogP contribution is -1.97. The molecule has 0 amide bonds. The Morgan fingerprint density at radius 1 is 0.909 bits per heavy atom. The van der Waals surface area contributed by atoms with E-state index in [0.29, 0.717) is 6.42 Å². The summed E-state index contributed by atoms with van der Waals surface area (Å²) in [5.74, 6) is 0. The molecular weight excluding hydrogens is 138 g/mol. The molecule has 0 rings (SSSR count). The van der Waals surface area contributed by atoms with Crippen LogP contribution in [-0.4, -0.2) is 12.8 Å². The Kier molecular flexibility index (Phi) is 9.31. The van der Waals surface area contributed by atoms with Crippen molar-refractivity contribution >= 4 is 6.29 Å². The average molecular weight is 156 g/mol. The molecular formula is C9H18NO. The molecule has 0 aliphatic heterocycles. The van der Waals surface area contributed by atoms with Gasteiger partial charge >= 0.3 is 0 Å². The molecule has 2 nitrogen and oxygen atoms in total. The normalized spacial score (nSPS) is 9.91. The molecule has 0 saturated heterocycles. The minimum atomic E-state index is 0.608. The first-order valence-electron chi connectivity index (χ1n) is 4.47. The van der Waals surface area contributed by atoms with Crippen LogP contribution in [0, 0.1) is 0 Å². The van der Waals surface area contributed by atoms with Gasteiger partial charge in [0.15, 0.2) is 6.29 Å². The summed E-state index contributed by atoms with van der Waals surface area (Å²) in [5.41, 5.74) is 5.34. The van der Waals surface area contributed by atoms with Crippen LogP contribution in [0.15, 0.2) is 0 Å². The van der Waals surface area contributed by atoms with Gasteiger partial charge in [0.25, 0.3) is 0 Å². The summed E-state index contributed by atoms with van der Waals surface area (Å²) < 4.78 is 0. The first-order chi connectivity index (χ1) is 5.41. The van der Waals surface area contributed by atoms with Crippen molar-refractivity contribution in [2.75, 3.05) is 6.54 Å². The number of nitrogens with two attached hydrogens (primary N) is 1. The molecule has 0 aliphatic rings. The van der Waals surface area contributed by atoms with Crippen molar-refractivity contribution in [2.24, 2.45) is 5.73 Å². The fourth-order valence-corrected chi connectivity index (χ4v) is 1.05. The molecule has 0 aromatic heterocycles. The molecule has 0 bridgehead atoms. The second-order valence-corrected chi connectivity index (χ2v) is 2.80. The first kappa shape index (κ1) is 10.6. The van der Waals surface area contributed by atoms with Crippen LogP contribution < -0.4 is 5.73 Å². The average Bonchev–Trinajstić information content (AvgIpc) is 2.03. The molecule has 0 aromatic rings. The smallest absolute Gasteiger partial charge is 0.198 e. The quantitative estimate of drug-likeness (QED) is 0.544. The highest BCUT2D eigenvalue weighted by Gasteiger charge is 1.89. The second kappa shape index (κ2) is 9.63. The molecule has 1 radical (unpaired) electrons. The van der Waals surface area contributed by atoms with E-state index in [1.165, 1.54) is 25.7 Å². The highest BCUT2D eigenvalue weighted by molar-refractivity contribution is 5.50. The first-order valence-corrected chi connectivity index (χ1v) is 4.47. The van der Waals surface area contributed by atoms with Crippen LogP contribution >= 0.6 is 0 Å². The van der Waals surface area contributed by atoms with Gasteiger partial charge < -0.3 is 5.73 Å². The second-order valence-electron chi connectivity index (χ2n) is 2.80. The predicted octanol–water partition coefficient (Wildman–Crippen LogP) is 1.79. The van der Waals surface area contributed by atoms with Gasteiger partial charge in [-0.05, 0) is 19.4 Å². The van der Waals surface area contributed by atoms with E-state index < -0.39 is 0 Å². The fraction of sp³-hybridized carbons (Fsp3) is 0.889. The van der Waals surface area contributed by atoms with Gasteiger partial charge in [-0.15, -0.1) is 0 Å². The van der Waals surface area contributed by atoms with Crippen LogP contribution in [0.4, 0.5) is 0 Å². The zero-order valence-electron chi connectivity index (χ0n) is 7.14. The number of unbranched alkanes of at least 4 members (excludes halogenated alkanes) is 6. The lowest BCUT2D eigenvalue weighted by molar-refractivity contribution is 0.541. The zero-order valence-corrected chi connectivity index (χ0v) is 7.14. The zero-order chi connectivity index (χ0) is 8.36. The van der Waals surface area contributed by atoms with Crippen LogP contribution in [0.5, 0.6) is 0 Å². The highest BCUT2D eigenvalue weighted by Crippen LogP contribution is 2.05. The lowest BCUT2D eigenvalue weighted by Gasteiger charge is -1.97. The van der Waals surface area contributed by atoms with E-state index in [0.717, 1.165) is 19.4 Å². The van der Waals surface area contributed by atoms with E-state index in [9.17, 15) is 4.79 Å². The summed E-state index contributed by atoms with van der Waals surface area (Å²) in [6.07, 6.45) is 9.55. The van der Waals surface area contributed by atoms with Gasteiger partial charge in [-0.3, -0.25) is 4.79 Å². The SMILES string of the molecule is NCCCCCCCC[C]=O. The maximum atomic E-state index is 9.80.